The molecule has 0 amide bonds. The molecule has 0 radical (unpaired) electrons. The van der Waals surface area contributed by atoms with Crippen molar-refractivity contribution < 1.29 is 17.9 Å². The van der Waals surface area contributed by atoms with Crippen LogP contribution >= 0.6 is 0 Å². The third-order valence-electron chi connectivity index (χ3n) is 2.64. The van der Waals surface area contributed by atoms with E-state index in [-0.39, 0.29) is 11.4 Å². The standard InChI is InChI=1S/C13H22N2O4S/c1-18-10-11-19-9-8-15-20(16,17)13-4-2-12(3-5-13)6-7-14/h2-5,15H,6-11,14H2,1H3. The second-order valence-electron chi connectivity index (χ2n) is 4.19. The van der Waals surface area contributed by atoms with Gasteiger partial charge in [0, 0.05) is 13.7 Å². The van der Waals surface area contributed by atoms with Crippen LogP contribution in [0.4, 0.5) is 0 Å². The maximum Gasteiger partial charge on any atom is 0.240 e. The molecule has 0 aliphatic carbocycles. The molecule has 0 bridgehead atoms. The smallest absolute Gasteiger partial charge is 0.240 e. The lowest BCUT2D eigenvalue weighted by Gasteiger charge is -2.08. The monoisotopic (exact) mass is 302 g/mol. The number of benzene rings is 1. The van der Waals surface area contributed by atoms with Crippen LogP contribution in [0, 0.1) is 0 Å². The summed E-state index contributed by atoms with van der Waals surface area (Å²) in [4.78, 5) is 0.246. The lowest BCUT2D eigenvalue weighted by atomic mass is 10.2. The fraction of sp³-hybridized carbons (Fsp3) is 0.538. The summed E-state index contributed by atoms with van der Waals surface area (Å²) in [5.41, 5.74) is 6.47. The predicted octanol–water partition coefficient (Wildman–Crippen LogP) is 0.129. The van der Waals surface area contributed by atoms with Crippen LogP contribution in [-0.2, 0) is 25.9 Å². The first-order valence-corrected chi connectivity index (χ1v) is 7.94. The zero-order valence-corrected chi connectivity index (χ0v) is 12.5. The molecule has 3 N–H and O–H groups in total. The number of hydrogen-bond donors (Lipinski definition) is 2. The van der Waals surface area contributed by atoms with Crippen molar-refractivity contribution >= 4 is 10.0 Å². The maximum absolute atomic E-state index is 12.0. The topological polar surface area (TPSA) is 90.6 Å². The molecule has 0 aliphatic rings. The van der Waals surface area contributed by atoms with Gasteiger partial charge < -0.3 is 15.2 Å². The molecule has 1 aromatic rings. The lowest BCUT2D eigenvalue weighted by molar-refractivity contribution is 0.0736. The van der Waals surface area contributed by atoms with Gasteiger partial charge in [0.15, 0.2) is 0 Å². The Morgan fingerprint density at radius 2 is 1.85 bits per heavy atom. The zero-order valence-electron chi connectivity index (χ0n) is 11.7. The van der Waals surface area contributed by atoms with Crippen LogP contribution in [0.2, 0.25) is 0 Å². The zero-order chi connectivity index (χ0) is 14.8. The highest BCUT2D eigenvalue weighted by molar-refractivity contribution is 7.89. The third kappa shape index (κ3) is 5.98. The molecule has 0 spiro atoms. The van der Waals surface area contributed by atoms with Gasteiger partial charge in [-0.1, -0.05) is 12.1 Å². The van der Waals surface area contributed by atoms with Gasteiger partial charge in [-0.3, -0.25) is 0 Å². The van der Waals surface area contributed by atoms with Crippen molar-refractivity contribution in [2.45, 2.75) is 11.3 Å². The predicted molar refractivity (Wildman–Crippen MR) is 77.1 cm³/mol. The molecule has 0 saturated heterocycles. The van der Waals surface area contributed by atoms with Crippen molar-refractivity contribution in [2.75, 3.05) is 40.0 Å². The Bertz CT molecular complexity index is 474. The van der Waals surface area contributed by atoms with Crippen LogP contribution < -0.4 is 10.5 Å². The molecule has 114 valence electrons. The van der Waals surface area contributed by atoms with Crippen LogP contribution in [0.5, 0.6) is 0 Å². The lowest BCUT2D eigenvalue weighted by Crippen LogP contribution is -2.27. The van der Waals surface area contributed by atoms with Gasteiger partial charge in [-0.15, -0.1) is 0 Å². The average molecular weight is 302 g/mol. The van der Waals surface area contributed by atoms with Crippen molar-refractivity contribution in [1.29, 1.82) is 0 Å². The van der Waals surface area contributed by atoms with E-state index >= 15 is 0 Å². The van der Waals surface area contributed by atoms with E-state index in [2.05, 4.69) is 4.72 Å². The summed E-state index contributed by atoms with van der Waals surface area (Å²) < 4.78 is 36.4. The van der Waals surface area contributed by atoms with E-state index in [1.165, 1.54) is 0 Å². The quantitative estimate of drug-likeness (QED) is 0.600. The van der Waals surface area contributed by atoms with E-state index in [9.17, 15) is 8.42 Å². The molecular weight excluding hydrogens is 280 g/mol. The Morgan fingerprint density at radius 3 is 2.45 bits per heavy atom. The molecule has 0 aliphatic heterocycles. The highest BCUT2D eigenvalue weighted by Crippen LogP contribution is 2.10. The van der Waals surface area contributed by atoms with Gasteiger partial charge in [0.25, 0.3) is 0 Å². The van der Waals surface area contributed by atoms with Crippen molar-refractivity contribution in [2.24, 2.45) is 5.73 Å². The summed E-state index contributed by atoms with van der Waals surface area (Å²) in [6.45, 7) is 2.04. The molecule has 20 heavy (non-hydrogen) atoms. The second kappa shape index (κ2) is 9.04. The molecule has 0 atom stereocenters. The van der Waals surface area contributed by atoms with Gasteiger partial charge in [0.1, 0.15) is 0 Å². The normalized spacial score (nSPS) is 11.7. The Labute approximate surface area is 120 Å². The summed E-state index contributed by atoms with van der Waals surface area (Å²) in [5, 5.41) is 0. The van der Waals surface area contributed by atoms with Crippen LogP contribution in [-0.4, -0.2) is 48.4 Å². The Balaban J connectivity index is 2.43. The number of hydrogen-bond acceptors (Lipinski definition) is 5. The molecule has 6 nitrogen and oxygen atoms in total. The Morgan fingerprint density at radius 1 is 1.15 bits per heavy atom. The van der Waals surface area contributed by atoms with E-state index in [0.717, 1.165) is 12.0 Å². The first-order chi connectivity index (χ1) is 9.60. The minimum absolute atomic E-state index is 0.233. The molecule has 1 aromatic carbocycles. The largest absolute Gasteiger partial charge is 0.382 e. The fourth-order valence-corrected chi connectivity index (χ4v) is 2.59. The molecule has 0 heterocycles. The third-order valence-corrected chi connectivity index (χ3v) is 4.11. The van der Waals surface area contributed by atoms with Crippen molar-refractivity contribution in [3.8, 4) is 0 Å². The maximum atomic E-state index is 12.0. The van der Waals surface area contributed by atoms with Gasteiger partial charge in [0.2, 0.25) is 10.0 Å². The first-order valence-electron chi connectivity index (χ1n) is 6.45. The fourth-order valence-electron chi connectivity index (χ4n) is 1.58. The van der Waals surface area contributed by atoms with Gasteiger partial charge in [0.05, 0.1) is 24.7 Å². The highest BCUT2D eigenvalue weighted by atomic mass is 32.2. The van der Waals surface area contributed by atoms with Crippen molar-refractivity contribution in [3.63, 3.8) is 0 Å². The SMILES string of the molecule is COCCOCCNS(=O)(=O)c1ccc(CCN)cc1. The van der Waals surface area contributed by atoms with E-state index in [4.69, 9.17) is 15.2 Å². The van der Waals surface area contributed by atoms with E-state index in [0.29, 0.717) is 26.4 Å². The molecular formula is C13H22N2O4S. The van der Waals surface area contributed by atoms with Gasteiger partial charge in [-0.05, 0) is 30.7 Å². The Hall–Kier alpha value is -0.990. The molecule has 0 fully saturated rings. The van der Waals surface area contributed by atoms with Crippen LogP contribution in [0.1, 0.15) is 5.56 Å². The number of ether oxygens (including phenoxy) is 2. The summed E-state index contributed by atoms with van der Waals surface area (Å²) in [5.74, 6) is 0. The molecule has 7 heteroatoms. The summed E-state index contributed by atoms with van der Waals surface area (Å²) in [6, 6.07) is 6.71. The minimum atomic E-state index is -3.48. The van der Waals surface area contributed by atoms with Crippen LogP contribution in [0.3, 0.4) is 0 Å². The first kappa shape index (κ1) is 17.1. The Kier molecular flexibility index (Phi) is 7.71. The molecule has 1 rings (SSSR count). The van der Waals surface area contributed by atoms with Crippen LogP contribution in [0.15, 0.2) is 29.2 Å². The number of rotatable bonds is 10. The van der Waals surface area contributed by atoms with Crippen molar-refractivity contribution in [1.82, 2.24) is 4.72 Å². The van der Waals surface area contributed by atoms with Gasteiger partial charge in [-0.25, -0.2) is 13.1 Å². The van der Waals surface area contributed by atoms with E-state index in [1.54, 1.807) is 31.4 Å². The summed E-state index contributed by atoms with van der Waals surface area (Å²) in [7, 11) is -1.89. The highest BCUT2D eigenvalue weighted by Gasteiger charge is 2.12. The molecule has 0 saturated carbocycles. The molecule has 0 unspecified atom stereocenters. The number of nitrogens with one attached hydrogen (secondary N) is 1. The van der Waals surface area contributed by atoms with Crippen molar-refractivity contribution in [3.05, 3.63) is 29.8 Å². The van der Waals surface area contributed by atoms with Gasteiger partial charge in [-0.2, -0.15) is 0 Å². The van der Waals surface area contributed by atoms with E-state index < -0.39 is 10.0 Å². The minimum Gasteiger partial charge on any atom is -0.382 e. The second-order valence-corrected chi connectivity index (χ2v) is 5.95. The summed E-state index contributed by atoms with van der Waals surface area (Å²) in [6.07, 6.45) is 0.737. The van der Waals surface area contributed by atoms with E-state index in [1.807, 2.05) is 0 Å². The number of nitrogens with two attached hydrogens (primary N) is 1. The number of sulfonamides is 1. The van der Waals surface area contributed by atoms with Gasteiger partial charge >= 0.3 is 0 Å². The number of methoxy groups -OCH3 is 1. The van der Waals surface area contributed by atoms with Crippen LogP contribution in [0.25, 0.3) is 0 Å². The average Bonchev–Trinajstić information content (AvgIpc) is 2.44. The molecule has 0 aromatic heterocycles. The summed E-state index contributed by atoms with van der Waals surface area (Å²) >= 11 is 0.